The van der Waals surface area contributed by atoms with Gasteiger partial charge in [-0.15, -0.1) is 5.10 Å². The van der Waals surface area contributed by atoms with E-state index in [0.29, 0.717) is 11.4 Å². The first kappa shape index (κ1) is 17.1. The molecule has 6 heteroatoms. The van der Waals surface area contributed by atoms with Crippen LogP contribution in [-0.4, -0.2) is 29.2 Å². The van der Waals surface area contributed by atoms with Crippen LogP contribution in [0.1, 0.15) is 50.6 Å². The van der Waals surface area contributed by atoms with E-state index in [1.807, 2.05) is 12.1 Å². The molecule has 1 aliphatic rings. The van der Waals surface area contributed by atoms with E-state index in [1.54, 1.807) is 16.8 Å². The molecule has 0 bridgehead atoms. The zero-order chi connectivity index (χ0) is 17.4. The Morgan fingerprint density at radius 3 is 2.42 bits per heavy atom. The van der Waals surface area contributed by atoms with E-state index in [0.717, 1.165) is 42.6 Å². The Labute approximate surface area is 144 Å². The lowest BCUT2D eigenvalue weighted by atomic mass is 9.87. The maximum absolute atomic E-state index is 12.6. The monoisotopic (exact) mass is 347 g/mol. The molecule has 130 valence electrons. The lowest BCUT2D eigenvalue weighted by molar-refractivity contribution is 0.556. The largest absolute Gasteiger partial charge is 0.248 e. The first-order valence-corrected chi connectivity index (χ1v) is 10.2. The van der Waals surface area contributed by atoms with Crippen molar-refractivity contribution in [2.75, 3.05) is 5.75 Å². The van der Waals surface area contributed by atoms with E-state index in [9.17, 15) is 8.42 Å². The molecule has 1 aliphatic carbocycles. The predicted molar refractivity (Wildman–Crippen MR) is 93.9 cm³/mol. The van der Waals surface area contributed by atoms with Crippen molar-refractivity contribution in [3.63, 3.8) is 0 Å². The summed E-state index contributed by atoms with van der Waals surface area (Å²) in [5.41, 5.74) is 3.29. The summed E-state index contributed by atoms with van der Waals surface area (Å²) < 4.78 is 27.0. The molecule has 0 unspecified atom stereocenters. The molecule has 0 radical (unpaired) electrons. The zero-order valence-electron chi connectivity index (χ0n) is 14.6. The van der Waals surface area contributed by atoms with Crippen molar-refractivity contribution in [3.05, 3.63) is 41.2 Å². The minimum absolute atomic E-state index is 0.0160. The zero-order valence-corrected chi connectivity index (χ0v) is 15.4. The number of hydrogen-bond acceptors (Lipinski definition) is 4. The van der Waals surface area contributed by atoms with E-state index in [1.165, 1.54) is 0 Å². The van der Waals surface area contributed by atoms with Gasteiger partial charge in [-0.2, -0.15) is 0 Å². The summed E-state index contributed by atoms with van der Waals surface area (Å²) in [5.74, 6) is 0.0532. The number of hydrogen-bond donors (Lipinski definition) is 0. The number of nitrogens with zero attached hydrogens (tertiary/aromatic N) is 3. The van der Waals surface area contributed by atoms with Gasteiger partial charge in [0.2, 0.25) is 0 Å². The molecule has 1 aromatic carbocycles. The molecule has 0 aliphatic heterocycles. The van der Waals surface area contributed by atoms with Crippen LogP contribution in [0.15, 0.2) is 29.2 Å². The van der Waals surface area contributed by atoms with Crippen LogP contribution in [0.5, 0.6) is 0 Å². The first-order valence-electron chi connectivity index (χ1n) is 8.52. The smallest absolute Gasteiger partial charge is 0.180 e. The Kier molecular flexibility index (Phi) is 4.51. The third-order valence-electron chi connectivity index (χ3n) is 4.65. The van der Waals surface area contributed by atoms with Gasteiger partial charge >= 0.3 is 0 Å². The molecule has 0 spiro atoms. The SMILES string of the molecule is CC(C)(C)c1ccc(S(=O)(=O)CCn2nnc3c2CCCC3)cc1. The highest BCUT2D eigenvalue weighted by molar-refractivity contribution is 7.91. The second-order valence-electron chi connectivity index (χ2n) is 7.51. The minimum atomic E-state index is -3.31. The molecule has 0 atom stereocenters. The van der Waals surface area contributed by atoms with Crippen LogP contribution in [0.25, 0.3) is 0 Å². The van der Waals surface area contributed by atoms with Crippen molar-refractivity contribution in [2.24, 2.45) is 0 Å². The van der Waals surface area contributed by atoms with Crippen LogP contribution in [0.2, 0.25) is 0 Å². The Morgan fingerprint density at radius 1 is 1.08 bits per heavy atom. The molecule has 0 saturated carbocycles. The highest BCUT2D eigenvalue weighted by atomic mass is 32.2. The van der Waals surface area contributed by atoms with Crippen molar-refractivity contribution in [1.29, 1.82) is 0 Å². The van der Waals surface area contributed by atoms with E-state index in [2.05, 4.69) is 31.1 Å². The highest BCUT2D eigenvalue weighted by Crippen LogP contribution is 2.24. The van der Waals surface area contributed by atoms with Crippen molar-refractivity contribution < 1.29 is 8.42 Å². The van der Waals surface area contributed by atoms with E-state index in [-0.39, 0.29) is 11.2 Å². The Hall–Kier alpha value is -1.69. The molecule has 0 amide bonds. The summed E-state index contributed by atoms with van der Waals surface area (Å²) in [6.07, 6.45) is 4.17. The van der Waals surface area contributed by atoms with Gasteiger partial charge < -0.3 is 0 Å². The summed E-state index contributed by atoms with van der Waals surface area (Å²) in [6, 6.07) is 7.24. The molecule has 2 aromatic rings. The molecule has 1 aromatic heterocycles. The van der Waals surface area contributed by atoms with E-state index < -0.39 is 9.84 Å². The minimum Gasteiger partial charge on any atom is -0.248 e. The van der Waals surface area contributed by atoms with E-state index in [4.69, 9.17) is 0 Å². The third-order valence-corrected chi connectivity index (χ3v) is 6.36. The van der Waals surface area contributed by atoms with Gasteiger partial charge in [-0.3, -0.25) is 0 Å². The van der Waals surface area contributed by atoms with Crippen LogP contribution >= 0.6 is 0 Å². The fourth-order valence-electron chi connectivity index (χ4n) is 3.09. The van der Waals surface area contributed by atoms with Crippen molar-refractivity contribution in [2.45, 2.75) is 63.3 Å². The summed E-state index contributed by atoms with van der Waals surface area (Å²) in [7, 11) is -3.31. The Morgan fingerprint density at radius 2 is 1.75 bits per heavy atom. The summed E-state index contributed by atoms with van der Waals surface area (Å²) in [5, 5.41) is 8.33. The molecule has 24 heavy (non-hydrogen) atoms. The molecular weight excluding hydrogens is 322 g/mol. The van der Waals surface area contributed by atoms with Crippen LogP contribution < -0.4 is 0 Å². The highest BCUT2D eigenvalue weighted by Gasteiger charge is 2.21. The topological polar surface area (TPSA) is 64.8 Å². The summed E-state index contributed by atoms with van der Waals surface area (Å²) >= 11 is 0. The third kappa shape index (κ3) is 3.53. The van der Waals surface area contributed by atoms with E-state index >= 15 is 0 Å². The number of aryl methyl sites for hydroxylation is 2. The van der Waals surface area contributed by atoms with Gasteiger partial charge in [-0.25, -0.2) is 13.1 Å². The van der Waals surface area contributed by atoms with Crippen molar-refractivity contribution in [1.82, 2.24) is 15.0 Å². The summed E-state index contributed by atoms with van der Waals surface area (Å²) in [6.45, 7) is 6.71. The van der Waals surface area contributed by atoms with Crippen LogP contribution in [0.3, 0.4) is 0 Å². The molecule has 0 N–H and O–H groups in total. The average Bonchev–Trinajstić information content (AvgIpc) is 2.96. The summed E-state index contributed by atoms with van der Waals surface area (Å²) in [4.78, 5) is 0.379. The lowest BCUT2D eigenvalue weighted by Gasteiger charge is -2.19. The van der Waals surface area contributed by atoms with Crippen LogP contribution in [0, 0.1) is 0 Å². The Balaban J connectivity index is 1.73. The Bertz CT molecular complexity index is 815. The molecule has 1 heterocycles. The maximum atomic E-state index is 12.6. The van der Waals surface area contributed by atoms with Crippen molar-refractivity contribution in [3.8, 4) is 0 Å². The quantitative estimate of drug-likeness (QED) is 0.853. The van der Waals surface area contributed by atoms with Gasteiger partial charge in [0.1, 0.15) is 0 Å². The van der Waals surface area contributed by atoms with Gasteiger partial charge in [0.25, 0.3) is 0 Å². The van der Waals surface area contributed by atoms with Gasteiger partial charge in [-0.05, 0) is 48.8 Å². The second kappa shape index (κ2) is 6.31. The first-order chi connectivity index (χ1) is 11.3. The molecule has 3 rings (SSSR count). The van der Waals surface area contributed by atoms with Gasteiger partial charge in [-0.1, -0.05) is 38.1 Å². The van der Waals surface area contributed by atoms with Crippen LogP contribution in [-0.2, 0) is 34.6 Å². The molecule has 5 nitrogen and oxygen atoms in total. The number of aromatic nitrogens is 3. The number of sulfone groups is 1. The fraction of sp³-hybridized carbons (Fsp3) is 0.556. The maximum Gasteiger partial charge on any atom is 0.180 e. The van der Waals surface area contributed by atoms with Gasteiger partial charge in [0, 0.05) is 0 Å². The molecular formula is C18H25N3O2S. The average molecular weight is 347 g/mol. The van der Waals surface area contributed by atoms with Gasteiger partial charge in [0.15, 0.2) is 9.84 Å². The standard InChI is InChI=1S/C18H25N3O2S/c1-18(2,3)14-8-10-15(11-9-14)24(22,23)13-12-21-17-7-5-4-6-16(17)19-20-21/h8-11H,4-7,12-13H2,1-3H3. The molecule has 0 fully saturated rings. The van der Waals surface area contributed by atoms with Crippen LogP contribution in [0.4, 0.5) is 0 Å². The fourth-order valence-corrected chi connectivity index (χ4v) is 4.29. The second-order valence-corrected chi connectivity index (χ2v) is 9.62. The molecule has 0 saturated heterocycles. The van der Waals surface area contributed by atoms with Gasteiger partial charge in [0.05, 0.1) is 28.6 Å². The predicted octanol–water partition coefficient (Wildman–Crippen LogP) is 2.93. The number of fused-ring (bicyclic) bond motifs is 1. The number of benzene rings is 1. The van der Waals surface area contributed by atoms with Crippen molar-refractivity contribution >= 4 is 9.84 Å². The lowest BCUT2D eigenvalue weighted by Crippen LogP contribution is -2.17. The normalized spacial score (nSPS) is 15.3. The number of rotatable bonds is 4.